The molecule has 0 radical (unpaired) electrons. The molecular formula is C16H16BrN3O3S. The molecule has 0 unspecified atom stereocenters. The minimum Gasteiger partial charge on any atom is -0.495 e. The van der Waals surface area contributed by atoms with Gasteiger partial charge in [0.1, 0.15) is 10.6 Å². The van der Waals surface area contributed by atoms with Gasteiger partial charge in [0.25, 0.3) is 0 Å². The summed E-state index contributed by atoms with van der Waals surface area (Å²) >= 11 is 3.32. The summed E-state index contributed by atoms with van der Waals surface area (Å²) in [7, 11) is -2.43. The summed E-state index contributed by atoms with van der Waals surface area (Å²) in [4.78, 5) is -0.0622. The Balaban J connectivity index is 2.16. The Morgan fingerprint density at radius 3 is 2.67 bits per heavy atom. The highest BCUT2D eigenvalue weighted by molar-refractivity contribution is 9.10. The molecule has 0 atom stereocenters. The third-order valence-corrected chi connectivity index (χ3v) is 5.35. The van der Waals surface area contributed by atoms with E-state index in [1.165, 1.54) is 25.3 Å². The van der Waals surface area contributed by atoms with E-state index in [1.807, 2.05) is 18.2 Å². The number of methoxy groups -OCH3 is 1. The second-order valence-corrected chi connectivity index (χ2v) is 7.62. The van der Waals surface area contributed by atoms with Gasteiger partial charge in [0.2, 0.25) is 10.0 Å². The Labute approximate surface area is 149 Å². The van der Waals surface area contributed by atoms with Crippen molar-refractivity contribution in [2.45, 2.75) is 11.3 Å². The number of nitrogen functional groups attached to an aromatic ring is 1. The smallest absolute Gasteiger partial charge is 0.244 e. The van der Waals surface area contributed by atoms with Crippen LogP contribution in [0.3, 0.4) is 0 Å². The summed E-state index contributed by atoms with van der Waals surface area (Å²) in [5.41, 5.74) is 7.58. The van der Waals surface area contributed by atoms with E-state index in [2.05, 4.69) is 20.7 Å². The zero-order valence-corrected chi connectivity index (χ0v) is 15.3. The van der Waals surface area contributed by atoms with Crippen molar-refractivity contribution in [1.82, 2.24) is 4.72 Å². The van der Waals surface area contributed by atoms with E-state index < -0.39 is 10.0 Å². The fourth-order valence-electron chi connectivity index (χ4n) is 2.15. The largest absolute Gasteiger partial charge is 0.495 e. The predicted octanol–water partition coefficient (Wildman–Crippen LogP) is 2.43. The van der Waals surface area contributed by atoms with Crippen molar-refractivity contribution in [2.24, 2.45) is 0 Å². The first kappa shape index (κ1) is 18.3. The maximum absolute atomic E-state index is 12.5. The molecule has 126 valence electrons. The average Bonchev–Trinajstić information content (AvgIpc) is 2.56. The molecule has 0 aliphatic carbocycles. The van der Waals surface area contributed by atoms with Crippen LogP contribution in [0.15, 0.2) is 45.8 Å². The van der Waals surface area contributed by atoms with Crippen LogP contribution in [0, 0.1) is 11.3 Å². The van der Waals surface area contributed by atoms with E-state index in [-0.39, 0.29) is 22.8 Å². The molecule has 6 nitrogen and oxygen atoms in total. The van der Waals surface area contributed by atoms with Crippen LogP contribution >= 0.6 is 15.9 Å². The van der Waals surface area contributed by atoms with Crippen LogP contribution in [-0.2, 0) is 16.4 Å². The summed E-state index contributed by atoms with van der Waals surface area (Å²) in [6.07, 6.45) is 0.443. The van der Waals surface area contributed by atoms with Gasteiger partial charge in [-0.3, -0.25) is 0 Å². The number of ether oxygens (including phenoxy) is 1. The van der Waals surface area contributed by atoms with Crippen molar-refractivity contribution in [1.29, 1.82) is 5.26 Å². The van der Waals surface area contributed by atoms with Gasteiger partial charge in [0.15, 0.2) is 0 Å². The van der Waals surface area contributed by atoms with Crippen LogP contribution in [-0.4, -0.2) is 22.1 Å². The maximum atomic E-state index is 12.5. The van der Waals surface area contributed by atoms with Crippen molar-refractivity contribution >= 4 is 31.6 Å². The Kier molecular flexibility index (Phi) is 5.83. The van der Waals surface area contributed by atoms with Crippen molar-refractivity contribution < 1.29 is 13.2 Å². The molecular weight excluding hydrogens is 394 g/mol. The Hall–Kier alpha value is -2.08. The van der Waals surface area contributed by atoms with Gasteiger partial charge in [-0.2, -0.15) is 5.26 Å². The van der Waals surface area contributed by atoms with Gasteiger partial charge in [-0.05, 0) is 42.3 Å². The van der Waals surface area contributed by atoms with Gasteiger partial charge in [0.05, 0.1) is 18.7 Å². The van der Waals surface area contributed by atoms with Crippen LogP contribution in [0.25, 0.3) is 0 Å². The Morgan fingerprint density at radius 2 is 2.04 bits per heavy atom. The van der Waals surface area contributed by atoms with Gasteiger partial charge in [0, 0.05) is 16.7 Å². The first-order valence-electron chi connectivity index (χ1n) is 6.99. The SMILES string of the molecule is COc1ccc(C#N)cc1S(=O)(=O)NCCc1ccc(Br)cc1N. The average molecular weight is 410 g/mol. The molecule has 2 rings (SSSR count). The molecule has 2 aromatic rings. The lowest BCUT2D eigenvalue weighted by molar-refractivity contribution is 0.402. The number of nitrogens with zero attached hydrogens (tertiary/aromatic N) is 1. The monoisotopic (exact) mass is 409 g/mol. The maximum Gasteiger partial charge on any atom is 0.244 e. The van der Waals surface area contributed by atoms with E-state index in [0.717, 1.165) is 10.0 Å². The minimum atomic E-state index is -3.80. The fourth-order valence-corrected chi connectivity index (χ4v) is 3.75. The first-order chi connectivity index (χ1) is 11.4. The molecule has 0 spiro atoms. The second kappa shape index (κ2) is 7.66. The number of benzene rings is 2. The van der Waals surface area contributed by atoms with Crippen LogP contribution in [0.5, 0.6) is 5.75 Å². The third-order valence-electron chi connectivity index (χ3n) is 3.38. The highest BCUT2D eigenvalue weighted by Gasteiger charge is 2.20. The summed E-state index contributed by atoms with van der Waals surface area (Å²) in [5, 5.41) is 8.95. The van der Waals surface area contributed by atoms with E-state index in [4.69, 9.17) is 15.7 Å². The summed E-state index contributed by atoms with van der Waals surface area (Å²) in [6.45, 7) is 0.175. The van der Waals surface area contributed by atoms with Crippen molar-refractivity contribution in [3.63, 3.8) is 0 Å². The van der Waals surface area contributed by atoms with Crippen LogP contribution in [0.2, 0.25) is 0 Å². The van der Waals surface area contributed by atoms with Crippen LogP contribution < -0.4 is 15.2 Å². The van der Waals surface area contributed by atoms with Gasteiger partial charge < -0.3 is 10.5 Å². The number of nitriles is 1. The van der Waals surface area contributed by atoms with Crippen molar-refractivity contribution in [2.75, 3.05) is 19.4 Å². The molecule has 24 heavy (non-hydrogen) atoms. The zero-order valence-electron chi connectivity index (χ0n) is 12.9. The highest BCUT2D eigenvalue weighted by atomic mass is 79.9. The van der Waals surface area contributed by atoms with Gasteiger partial charge in [-0.15, -0.1) is 0 Å². The highest BCUT2D eigenvalue weighted by Crippen LogP contribution is 2.25. The number of hydrogen-bond donors (Lipinski definition) is 2. The van der Waals surface area contributed by atoms with Gasteiger partial charge in [-0.25, -0.2) is 13.1 Å². The molecule has 0 aromatic heterocycles. The zero-order chi connectivity index (χ0) is 17.7. The molecule has 2 aromatic carbocycles. The molecule has 3 N–H and O–H groups in total. The lowest BCUT2D eigenvalue weighted by Gasteiger charge is -2.12. The first-order valence-corrected chi connectivity index (χ1v) is 9.26. The molecule has 0 saturated heterocycles. The third kappa shape index (κ3) is 4.26. The summed E-state index contributed by atoms with van der Waals surface area (Å²) < 4.78 is 33.4. The lowest BCUT2D eigenvalue weighted by atomic mass is 10.1. The van der Waals surface area contributed by atoms with E-state index >= 15 is 0 Å². The topological polar surface area (TPSA) is 105 Å². The Bertz CT molecular complexity index is 892. The fraction of sp³-hybridized carbons (Fsp3) is 0.188. The normalized spacial score (nSPS) is 11.0. The number of anilines is 1. The second-order valence-electron chi connectivity index (χ2n) is 4.97. The molecule has 0 aliphatic rings. The molecule has 0 amide bonds. The quantitative estimate of drug-likeness (QED) is 0.712. The van der Waals surface area contributed by atoms with E-state index in [0.29, 0.717) is 12.1 Å². The van der Waals surface area contributed by atoms with Crippen molar-refractivity contribution in [3.05, 3.63) is 52.0 Å². The number of nitrogens with one attached hydrogen (secondary N) is 1. The number of rotatable bonds is 6. The molecule has 0 bridgehead atoms. The van der Waals surface area contributed by atoms with Crippen molar-refractivity contribution in [3.8, 4) is 11.8 Å². The molecule has 0 heterocycles. The van der Waals surface area contributed by atoms with E-state index in [1.54, 1.807) is 6.07 Å². The van der Waals surface area contributed by atoms with Crippen LogP contribution in [0.4, 0.5) is 5.69 Å². The van der Waals surface area contributed by atoms with Gasteiger partial charge >= 0.3 is 0 Å². The number of hydrogen-bond acceptors (Lipinski definition) is 5. The lowest BCUT2D eigenvalue weighted by Crippen LogP contribution is -2.26. The standard InChI is InChI=1S/C16H16BrN3O3S/c1-23-15-5-2-11(10-18)8-16(15)24(21,22)20-7-6-12-3-4-13(17)9-14(12)19/h2-5,8-9,20H,6-7,19H2,1H3. The molecule has 8 heteroatoms. The Morgan fingerprint density at radius 1 is 1.29 bits per heavy atom. The molecule has 0 fully saturated rings. The summed E-state index contributed by atoms with van der Waals surface area (Å²) in [6, 6.07) is 11.6. The number of nitrogens with two attached hydrogens (primary N) is 1. The predicted molar refractivity (Wildman–Crippen MR) is 95.2 cm³/mol. The summed E-state index contributed by atoms with van der Waals surface area (Å²) in [5.74, 6) is 0.185. The number of halogens is 1. The van der Waals surface area contributed by atoms with Gasteiger partial charge in [-0.1, -0.05) is 22.0 Å². The van der Waals surface area contributed by atoms with Crippen LogP contribution in [0.1, 0.15) is 11.1 Å². The number of sulfonamides is 1. The minimum absolute atomic E-state index is 0.0622. The molecule has 0 saturated carbocycles. The van der Waals surface area contributed by atoms with E-state index in [9.17, 15) is 8.42 Å². The molecule has 0 aliphatic heterocycles.